The Morgan fingerprint density at radius 1 is 1.13 bits per heavy atom. The fourth-order valence-electron chi connectivity index (χ4n) is 1.56. The zero-order valence-electron chi connectivity index (χ0n) is 8.83. The highest BCUT2D eigenvalue weighted by molar-refractivity contribution is 5.55. The van der Waals surface area contributed by atoms with E-state index in [1.54, 1.807) is 0 Å². The van der Waals surface area contributed by atoms with Gasteiger partial charge in [0.25, 0.3) is 0 Å². The molecule has 0 radical (unpaired) electrons. The lowest BCUT2D eigenvalue weighted by molar-refractivity contribution is 0.478. The summed E-state index contributed by atoms with van der Waals surface area (Å²) in [7, 11) is 0. The monoisotopic (exact) mass is 214 g/mol. The number of hydrogen-bond acceptors (Lipinski definition) is 0. The maximum Gasteiger partial charge on any atom is 0.166 e. The Morgan fingerprint density at radius 2 is 1.73 bits per heavy atom. The lowest BCUT2D eigenvalue weighted by atomic mass is 9.98. The van der Waals surface area contributed by atoms with Crippen LogP contribution >= 0.6 is 0 Å². The summed E-state index contributed by atoms with van der Waals surface area (Å²) < 4.78 is 40.2. The molecule has 3 heteroatoms. The van der Waals surface area contributed by atoms with Crippen molar-refractivity contribution < 1.29 is 13.2 Å². The highest BCUT2D eigenvalue weighted by atomic mass is 19.2. The largest absolute Gasteiger partial charge is 0.206 e. The normalized spacial score (nSPS) is 10.5. The molecule has 0 N–H and O–H groups in total. The van der Waals surface area contributed by atoms with E-state index in [-0.39, 0.29) is 16.7 Å². The third-order valence-corrected chi connectivity index (χ3v) is 2.38. The molecule has 0 amide bonds. The maximum atomic E-state index is 13.6. The van der Waals surface area contributed by atoms with Gasteiger partial charge in [-0.25, -0.2) is 13.2 Å². The minimum absolute atomic E-state index is 0.0579. The molecule has 1 aromatic carbocycles. The number of halogens is 3. The second-order valence-electron chi connectivity index (χ2n) is 3.41. The molecule has 0 aliphatic rings. The van der Waals surface area contributed by atoms with Crippen molar-refractivity contribution in [3.05, 3.63) is 40.7 Å². The van der Waals surface area contributed by atoms with Crippen LogP contribution in [0.25, 0.3) is 6.08 Å². The second-order valence-corrected chi connectivity index (χ2v) is 3.41. The van der Waals surface area contributed by atoms with Crippen molar-refractivity contribution in [2.75, 3.05) is 0 Å². The summed E-state index contributed by atoms with van der Waals surface area (Å²) in [4.78, 5) is 0. The van der Waals surface area contributed by atoms with E-state index < -0.39 is 17.5 Å². The van der Waals surface area contributed by atoms with Crippen LogP contribution in [0.5, 0.6) is 0 Å². The van der Waals surface area contributed by atoms with E-state index in [1.807, 2.05) is 6.92 Å². The molecule has 0 heterocycles. The number of benzene rings is 1. The molecular formula is C12H13F3. The van der Waals surface area contributed by atoms with Crippen LogP contribution in [0.3, 0.4) is 0 Å². The standard InChI is InChI=1S/C12H13F3/c1-4-6-9-8(5-2)12(15)11(14)7(3)10(9)13/h5H,2,4,6H2,1,3H3. The predicted molar refractivity (Wildman–Crippen MR) is 55.1 cm³/mol. The highest BCUT2D eigenvalue weighted by Gasteiger charge is 2.19. The van der Waals surface area contributed by atoms with Crippen LogP contribution in [-0.4, -0.2) is 0 Å². The third-order valence-electron chi connectivity index (χ3n) is 2.38. The smallest absolute Gasteiger partial charge is 0.166 e. The van der Waals surface area contributed by atoms with Crippen LogP contribution in [0.2, 0.25) is 0 Å². The van der Waals surface area contributed by atoms with E-state index in [4.69, 9.17) is 0 Å². The van der Waals surface area contributed by atoms with E-state index in [2.05, 4.69) is 6.58 Å². The molecule has 0 saturated heterocycles. The van der Waals surface area contributed by atoms with Crippen molar-refractivity contribution in [3.63, 3.8) is 0 Å². The van der Waals surface area contributed by atoms with Crippen molar-refractivity contribution in [2.45, 2.75) is 26.7 Å². The van der Waals surface area contributed by atoms with Gasteiger partial charge in [0.2, 0.25) is 0 Å². The molecule has 0 aliphatic heterocycles. The van der Waals surface area contributed by atoms with Gasteiger partial charge in [-0.05, 0) is 18.9 Å². The quantitative estimate of drug-likeness (QED) is 0.667. The Hall–Kier alpha value is -1.25. The van der Waals surface area contributed by atoms with Gasteiger partial charge < -0.3 is 0 Å². The van der Waals surface area contributed by atoms with Crippen LogP contribution in [0, 0.1) is 24.4 Å². The van der Waals surface area contributed by atoms with Gasteiger partial charge in [-0.1, -0.05) is 26.0 Å². The highest BCUT2D eigenvalue weighted by Crippen LogP contribution is 2.26. The molecule has 0 saturated carbocycles. The minimum atomic E-state index is -1.12. The zero-order chi connectivity index (χ0) is 11.6. The molecule has 0 spiro atoms. The SMILES string of the molecule is C=Cc1c(F)c(F)c(C)c(F)c1CCC. The first-order valence-electron chi connectivity index (χ1n) is 4.82. The van der Waals surface area contributed by atoms with Crippen molar-refractivity contribution in [2.24, 2.45) is 0 Å². The molecule has 1 aromatic rings. The molecule has 0 aliphatic carbocycles. The minimum Gasteiger partial charge on any atom is -0.206 e. The van der Waals surface area contributed by atoms with Gasteiger partial charge in [-0.3, -0.25) is 0 Å². The van der Waals surface area contributed by atoms with Crippen molar-refractivity contribution in [1.82, 2.24) is 0 Å². The molecular weight excluding hydrogens is 201 g/mol. The lowest BCUT2D eigenvalue weighted by Crippen LogP contribution is -2.05. The van der Waals surface area contributed by atoms with Crippen LogP contribution in [-0.2, 0) is 6.42 Å². The Balaban J connectivity index is 3.54. The Kier molecular flexibility index (Phi) is 3.56. The fourth-order valence-corrected chi connectivity index (χ4v) is 1.56. The van der Waals surface area contributed by atoms with Gasteiger partial charge in [-0.2, -0.15) is 0 Å². The topological polar surface area (TPSA) is 0 Å². The van der Waals surface area contributed by atoms with Crippen molar-refractivity contribution in [1.29, 1.82) is 0 Å². The maximum absolute atomic E-state index is 13.6. The van der Waals surface area contributed by atoms with E-state index >= 15 is 0 Å². The van der Waals surface area contributed by atoms with Crippen LogP contribution in [0.15, 0.2) is 6.58 Å². The van der Waals surface area contributed by atoms with Crippen LogP contribution in [0.1, 0.15) is 30.0 Å². The molecule has 0 aromatic heterocycles. The molecule has 0 unspecified atom stereocenters. The average Bonchev–Trinajstić information content (AvgIpc) is 2.24. The third kappa shape index (κ3) is 1.91. The molecule has 0 bridgehead atoms. The molecule has 0 fully saturated rings. The first-order valence-corrected chi connectivity index (χ1v) is 4.82. The Labute approximate surface area is 87.4 Å². The second kappa shape index (κ2) is 4.51. The lowest BCUT2D eigenvalue weighted by Gasteiger charge is -2.11. The fraction of sp³-hybridized carbons (Fsp3) is 0.333. The summed E-state index contributed by atoms with van der Waals surface area (Å²) >= 11 is 0. The van der Waals surface area contributed by atoms with E-state index in [0.29, 0.717) is 12.8 Å². The van der Waals surface area contributed by atoms with E-state index in [1.165, 1.54) is 6.92 Å². The molecule has 82 valence electrons. The molecule has 1 rings (SSSR count). The van der Waals surface area contributed by atoms with E-state index in [0.717, 1.165) is 6.08 Å². The number of hydrogen-bond donors (Lipinski definition) is 0. The predicted octanol–water partition coefficient (Wildman–Crippen LogP) is 4.01. The number of rotatable bonds is 3. The summed E-state index contributed by atoms with van der Waals surface area (Å²) in [6, 6.07) is 0. The van der Waals surface area contributed by atoms with Gasteiger partial charge in [0.15, 0.2) is 11.6 Å². The van der Waals surface area contributed by atoms with E-state index in [9.17, 15) is 13.2 Å². The molecule has 15 heavy (non-hydrogen) atoms. The van der Waals surface area contributed by atoms with Gasteiger partial charge in [0.05, 0.1) is 0 Å². The molecule has 0 nitrogen and oxygen atoms in total. The summed E-state index contributed by atoms with van der Waals surface area (Å²) in [6.45, 7) is 6.46. The van der Waals surface area contributed by atoms with Crippen molar-refractivity contribution in [3.8, 4) is 0 Å². The molecule has 0 atom stereocenters. The summed E-state index contributed by atoms with van der Waals surface area (Å²) in [5.74, 6) is -2.79. The average molecular weight is 214 g/mol. The van der Waals surface area contributed by atoms with Crippen LogP contribution in [0.4, 0.5) is 13.2 Å². The zero-order valence-corrected chi connectivity index (χ0v) is 8.83. The Bertz CT molecular complexity index is 395. The van der Waals surface area contributed by atoms with Gasteiger partial charge in [-0.15, -0.1) is 0 Å². The summed E-state index contributed by atoms with van der Waals surface area (Å²) in [6.07, 6.45) is 2.21. The van der Waals surface area contributed by atoms with Gasteiger partial charge in [0.1, 0.15) is 5.82 Å². The summed E-state index contributed by atoms with van der Waals surface area (Å²) in [5, 5.41) is 0. The first kappa shape index (κ1) is 11.8. The summed E-state index contributed by atoms with van der Waals surface area (Å²) in [5.41, 5.74) is -0.108. The van der Waals surface area contributed by atoms with Crippen LogP contribution < -0.4 is 0 Å². The first-order chi connectivity index (χ1) is 7.04. The Morgan fingerprint density at radius 3 is 2.20 bits per heavy atom. The van der Waals surface area contributed by atoms with Gasteiger partial charge >= 0.3 is 0 Å². The van der Waals surface area contributed by atoms with Gasteiger partial charge in [0, 0.05) is 11.1 Å². The van der Waals surface area contributed by atoms with Crippen molar-refractivity contribution >= 4 is 6.08 Å².